The second-order valence-electron chi connectivity index (χ2n) is 7.45. The molecule has 1 spiro atoms. The number of pyridine rings is 1. The summed E-state index contributed by atoms with van der Waals surface area (Å²) in [6.45, 7) is 1.99. The molecule has 4 rings (SSSR count). The SMILES string of the molecule is COc1ccc(CC2(C)CC3(N=C(N)N(C)C3=O)c3cc(Br)ncc3O2)cc1. The molecule has 1 aromatic carbocycles. The van der Waals surface area contributed by atoms with Gasteiger partial charge in [-0.05, 0) is 46.6 Å². The molecule has 3 heterocycles. The summed E-state index contributed by atoms with van der Waals surface area (Å²) >= 11 is 3.38. The molecule has 1 aromatic heterocycles. The first-order chi connectivity index (χ1) is 13.3. The fourth-order valence-corrected chi connectivity index (χ4v) is 4.36. The zero-order chi connectivity index (χ0) is 20.1. The summed E-state index contributed by atoms with van der Waals surface area (Å²) in [5.74, 6) is 1.39. The lowest BCUT2D eigenvalue weighted by atomic mass is 9.75. The van der Waals surface area contributed by atoms with Crippen molar-refractivity contribution in [1.29, 1.82) is 0 Å². The molecule has 1 amide bonds. The minimum absolute atomic E-state index is 0.159. The molecule has 0 fully saturated rings. The fourth-order valence-electron chi connectivity index (χ4n) is 4.02. The van der Waals surface area contributed by atoms with Crippen molar-refractivity contribution in [2.75, 3.05) is 14.2 Å². The van der Waals surface area contributed by atoms with Crippen LogP contribution in [0.25, 0.3) is 0 Å². The quantitative estimate of drug-likeness (QED) is 0.734. The van der Waals surface area contributed by atoms with Crippen LogP contribution in [0.1, 0.15) is 24.5 Å². The number of methoxy groups -OCH3 is 1. The van der Waals surface area contributed by atoms with Gasteiger partial charge in [0.2, 0.25) is 0 Å². The van der Waals surface area contributed by atoms with Gasteiger partial charge in [0.05, 0.1) is 13.3 Å². The average Bonchev–Trinajstić information content (AvgIpc) is 2.87. The van der Waals surface area contributed by atoms with Gasteiger partial charge >= 0.3 is 0 Å². The van der Waals surface area contributed by atoms with Crippen LogP contribution in [0.5, 0.6) is 11.5 Å². The second-order valence-corrected chi connectivity index (χ2v) is 8.26. The van der Waals surface area contributed by atoms with Crippen LogP contribution in [0.3, 0.4) is 0 Å². The Morgan fingerprint density at radius 3 is 2.68 bits per heavy atom. The lowest BCUT2D eigenvalue weighted by Crippen LogP contribution is -2.51. The third-order valence-corrected chi connectivity index (χ3v) is 5.74. The van der Waals surface area contributed by atoms with Gasteiger partial charge in [-0.25, -0.2) is 9.98 Å². The number of nitrogens with two attached hydrogens (primary N) is 1. The molecule has 0 radical (unpaired) electrons. The first-order valence-corrected chi connectivity index (χ1v) is 9.67. The van der Waals surface area contributed by atoms with Crippen molar-refractivity contribution >= 4 is 27.8 Å². The van der Waals surface area contributed by atoms with Crippen LogP contribution in [0, 0.1) is 0 Å². The number of carbonyl (C=O) groups is 1. The molecule has 7 nitrogen and oxygen atoms in total. The van der Waals surface area contributed by atoms with Crippen molar-refractivity contribution < 1.29 is 14.3 Å². The monoisotopic (exact) mass is 444 g/mol. The molecule has 2 N–H and O–H groups in total. The fraction of sp³-hybridized carbons (Fsp3) is 0.350. The van der Waals surface area contributed by atoms with Crippen molar-refractivity contribution in [3.05, 3.63) is 52.3 Å². The molecule has 0 saturated carbocycles. The van der Waals surface area contributed by atoms with Crippen molar-refractivity contribution in [2.45, 2.75) is 30.9 Å². The maximum Gasteiger partial charge on any atom is 0.261 e. The van der Waals surface area contributed by atoms with Gasteiger partial charge < -0.3 is 15.2 Å². The van der Waals surface area contributed by atoms with Gasteiger partial charge in [0.15, 0.2) is 11.5 Å². The van der Waals surface area contributed by atoms with Gasteiger partial charge in [0, 0.05) is 25.5 Å². The third-order valence-electron chi connectivity index (χ3n) is 5.31. The lowest BCUT2D eigenvalue weighted by Gasteiger charge is -2.43. The number of fused-ring (bicyclic) bond motifs is 2. The van der Waals surface area contributed by atoms with Gasteiger partial charge in [0.25, 0.3) is 5.91 Å². The highest BCUT2D eigenvalue weighted by atomic mass is 79.9. The number of guanidine groups is 1. The highest BCUT2D eigenvalue weighted by Gasteiger charge is 2.56. The van der Waals surface area contributed by atoms with E-state index in [-0.39, 0.29) is 11.9 Å². The predicted octanol–water partition coefficient (Wildman–Crippen LogP) is 2.62. The number of likely N-dealkylation sites (N-methyl/N-ethyl adjacent to an activating group) is 1. The van der Waals surface area contributed by atoms with Gasteiger partial charge in [0.1, 0.15) is 21.7 Å². The summed E-state index contributed by atoms with van der Waals surface area (Å²) in [7, 11) is 3.28. The Balaban J connectivity index is 1.78. The number of amides is 1. The average molecular weight is 445 g/mol. The van der Waals surface area contributed by atoms with E-state index >= 15 is 0 Å². The highest BCUT2D eigenvalue weighted by Crippen LogP contribution is 2.50. The predicted molar refractivity (Wildman–Crippen MR) is 108 cm³/mol. The molecule has 28 heavy (non-hydrogen) atoms. The molecule has 0 saturated heterocycles. The topological polar surface area (TPSA) is 90.0 Å². The Morgan fingerprint density at radius 1 is 1.36 bits per heavy atom. The van der Waals surface area contributed by atoms with E-state index in [0.29, 0.717) is 28.8 Å². The molecular weight excluding hydrogens is 424 g/mol. The summed E-state index contributed by atoms with van der Waals surface area (Å²) in [5, 5.41) is 0. The molecule has 0 bridgehead atoms. The van der Waals surface area contributed by atoms with E-state index in [2.05, 4.69) is 25.9 Å². The summed E-state index contributed by atoms with van der Waals surface area (Å²) in [6, 6.07) is 9.60. The van der Waals surface area contributed by atoms with Crippen LogP contribution < -0.4 is 15.2 Å². The molecule has 8 heteroatoms. The second kappa shape index (κ2) is 6.48. The highest BCUT2D eigenvalue weighted by molar-refractivity contribution is 9.10. The zero-order valence-corrected chi connectivity index (χ0v) is 17.5. The van der Waals surface area contributed by atoms with E-state index in [9.17, 15) is 4.79 Å². The Morgan fingerprint density at radius 2 is 2.07 bits per heavy atom. The van der Waals surface area contributed by atoms with E-state index in [4.69, 9.17) is 15.2 Å². The normalized spacial score (nSPS) is 26.1. The lowest BCUT2D eigenvalue weighted by molar-refractivity contribution is -0.133. The molecule has 2 unspecified atom stereocenters. The molecule has 2 aliphatic rings. The summed E-state index contributed by atoms with van der Waals surface area (Å²) in [6.07, 6.45) is 2.60. The standard InChI is InChI=1S/C20H21BrN4O3/c1-19(9-12-4-6-13(27-3)7-5-12)11-20(17(26)25(2)18(22)24-20)14-8-16(21)23-10-15(14)28-19/h4-8,10H,9,11H2,1-3H3,(H2,22,24). The maximum atomic E-state index is 13.2. The largest absolute Gasteiger partial charge is 0.497 e. The zero-order valence-electron chi connectivity index (χ0n) is 15.9. The number of aromatic nitrogens is 1. The van der Waals surface area contributed by atoms with Gasteiger partial charge in [-0.2, -0.15) is 0 Å². The number of benzene rings is 1. The van der Waals surface area contributed by atoms with Crippen molar-refractivity contribution in [2.24, 2.45) is 10.7 Å². The maximum absolute atomic E-state index is 13.2. The van der Waals surface area contributed by atoms with Crippen LogP contribution in [-0.2, 0) is 16.8 Å². The molecule has 0 aliphatic carbocycles. The molecular formula is C20H21BrN4O3. The number of aliphatic imine (C=N–C) groups is 1. The smallest absolute Gasteiger partial charge is 0.261 e. The van der Waals surface area contributed by atoms with E-state index in [1.165, 1.54) is 4.90 Å². The molecule has 2 aromatic rings. The van der Waals surface area contributed by atoms with Gasteiger partial charge in [-0.1, -0.05) is 12.1 Å². The summed E-state index contributed by atoms with van der Waals surface area (Å²) in [5.41, 5.74) is 5.99. The number of hydrogen-bond donors (Lipinski definition) is 1. The van der Waals surface area contributed by atoms with Crippen LogP contribution in [0.4, 0.5) is 0 Å². The minimum Gasteiger partial charge on any atom is -0.497 e. The number of halogens is 1. The number of carbonyl (C=O) groups excluding carboxylic acids is 1. The van der Waals surface area contributed by atoms with Crippen LogP contribution in [-0.4, -0.2) is 41.5 Å². The van der Waals surface area contributed by atoms with Crippen molar-refractivity contribution in [3.63, 3.8) is 0 Å². The minimum atomic E-state index is -1.11. The van der Waals surface area contributed by atoms with E-state index in [1.807, 2.05) is 31.2 Å². The number of hydrogen-bond acceptors (Lipinski definition) is 6. The first kappa shape index (κ1) is 18.7. The Labute approximate surface area is 171 Å². The molecule has 2 aliphatic heterocycles. The van der Waals surface area contributed by atoms with Gasteiger partial charge in [-0.3, -0.25) is 9.69 Å². The van der Waals surface area contributed by atoms with Crippen LogP contribution >= 0.6 is 15.9 Å². The van der Waals surface area contributed by atoms with Crippen LogP contribution in [0.15, 0.2) is 46.1 Å². The summed E-state index contributed by atoms with van der Waals surface area (Å²) in [4.78, 5) is 23.5. The van der Waals surface area contributed by atoms with E-state index in [1.54, 1.807) is 26.4 Å². The van der Waals surface area contributed by atoms with Crippen molar-refractivity contribution in [3.8, 4) is 11.5 Å². The Kier molecular flexibility index (Phi) is 4.33. The van der Waals surface area contributed by atoms with E-state index in [0.717, 1.165) is 11.3 Å². The van der Waals surface area contributed by atoms with E-state index < -0.39 is 11.1 Å². The number of ether oxygens (including phenoxy) is 2. The number of rotatable bonds is 3. The first-order valence-electron chi connectivity index (χ1n) is 8.88. The van der Waals surface area contributed by atoms with Gasteiger partial charge in [-0.15, -0.1) is 0 Å². The summed E-state index contributed by atoms with van der Waals surface area (Å²) < 4.78 is 12.2. The Bertz CT molecular complexity index is 978. The van der Waals surface area contributed by atoms with Crippen LogP contribution in [0.2, 0.25) is 0 Å². The third kappa shape index (κ3) is 2.92. The molecule has 2 atom stereocenters. The molecule has 146 valence electrons. The Hall–Kier alpha value is -2.61. The van der Waals surface area contributed by atoms with Crippen molar-refractivity contribution in [1.82, 2.24) is 9.88 Å². The number of nitrogens with zero attached hydrogens (tertiary/aromatic N) is 3.